The Morgan fingerprint density at radius 2 is 2.43 bits per heavy atom. The first-order valence-electron chi connectivity index (χ1n) is 7.64. The van der Waals surface area contributed by atoms with E-state index in [-0.39, 0.29) is 12.1 Å². The van der Waals surface area contributed by atoms with Gasteiger partial charge in [0.05, 0.1) is 12.7 Å². The van der Waals surface area contributed by atoms with E-state index >= 15 is 0 Å². The smallest absolute Gasteiger partial charge is 0.367 e. The lowest BCUT2D eigenvalue weighted by Gasteiger charge is -2.36. The van der Waals surface area contributed by atoms with E-state index in [0.29, 0.717) is 17.7 Å². The van der Waals surface area contributed by atoms with E-state index in [4.69, 9.17) is 4.74 Å². The number of hydrogen-bond donors (Lipinski definition) is 1. The molecule has 1 aromatic rings. The van der Waals surface area contributed by atoms with E-state index in [1.807, 2.05) is 6.92 Å². The highest BCUT2D eigenvalue weighted by Gasteiger charge is 2.24. The van der Waals surface area contributed by atoms with E-state index in [1.165, 1.54) is 24.2 Å². The molecule has 5 nitrogen and oxygen atoms in total. The van der Waals surface area contributed by atoms with Crippen molar-refractivity contribution in [2.24, 2.45) is 0 Å². The van der Waals surface area contributed by atoms with Crippen LogP contribution >= 0.6 is 11.3 Å². The Labute approximate surface area is 129 Å². The summed E-state index contributed by atoms with van der Waals surface area (Å²) in [6.45, 7) is 5.86. The number of thiazole rings is 1. The van der Waals surface area contributed by atoms with Gasteiger partial charge in [0.2, 0.25) is 5.01 Å². The summed E-state index contributed by atoms with van der Waals surface area (Å²) in [5.74, 6) is -0.340. The number of ether oxygens (including phenoxy) is 1. The maximum Gasteiger partial charge on any atom is 0.367 e. The van der Waals surface area contributed by atoms with Crippen LogP contribution in [0.4, 0.5) is 0 Å². The second kappa shape index (κ2) is 7.87. The van der Waals surface area contributed by atoms with Gasteiger partial charge < -0.3 is 9.84 Å². The summed E-state index contributed by atoms with van der Waals surface area (Å²) in [5.41, 5.74) is 0. The molecule has 1 N–H and O–H groups in total. The van der Waals surface area contributed by atoms with Gasteiger partial charge in [0, 0.05) is 23.7 Å². The zero-order chi connectivity index (χ0) is 15.2. The van der Waals surface area contributed by atoms with Gasteiger partial charge in [-0.15, -0.1) is 11.3 Å². The molecule has 0 bridgehead atoms. The Kier molecular flexibility index (Phi) is 6.14. The number of aromatic nitrogens is 1. The highest BCUT2D eigenvalue weighted by molar-refractivity contribution is 7.13. The lowest BCUT2D eigenvalue weighted by atomic mass is 9.97. The summed E-state index contributed by atoms with van der Waals surface area (Å²) in [6, 6.07) is 0.423. The van der Waals surface area contributed by atoms with Crippen LogP contribution < -0.4 is 0 Å². The monoisotopic (exact) mass is 312 g/mol. The van der Waals surface area contributed by atoms with Crippen LogP contribution in [-0.4, -0.2) is 46.3 Å². The minimum Gasteiger partial charge on any atom is -0.461 e. The Morgan fingerprint density at radius 3 is 3.14 bits per heavy atom. The van der Waals surface area contributed by atoms with Gasteiger partial charge >= 0.3 is 5.97 Å². The standard InChI is InChI=1S/C15H24N2O3S/c1-3-20-15(19)14-16-9-13(21-14)10-17-7-5-4-6-12(17)8-11(2)18/h9,11-12,18H,3-8,10H2,1-2H3. The van der Waals surface area contributed by atoms with Gasteiger partial charge in [-0.05, 0) is 39.7 Å². The first kappa shape index (κ1) is 16.4. The predicted molar refractivity (Wildman–Crippen MR) is 82.4 cm³/mol. The van der Waals surface area contributed by atoms with E-state index in [1.54, 1.807) is 13.1 Å². The summed E-state index contributed by atoms with van der Waals surface area (Å²) >= 11 is 1.41. The number of carbonyl (C=O) groups excluding carboxylic acids is 1. The molecular formula is C15H24N2O3S. The van der Waals surface area contributed by atoms with Gasteiger partial charge in [0.1, 0.15) is 0 Å². The largest absolute Gasteiger partial charge is 0.461 e. The fourth-order valence-electron chi connectivity index (χ4n) is 2.80. The Hall–Kier alpha value is -0.980. The molecule has 1 aliphatic rings. The van der Waals surface area contributed by atoms with Crippen LogP contribution in [0.2, 0.25) is 0 Å². The molecule has 6 heteroatoms. The zero-order valence-electron chi connectivity index (χ0n) is 12.7. The summed E-state index contributed by atoms with van der Waals surface area (Å²) in [5, 5.41) is 10.1. The molecule has 0 saturated carbocycles. The van der Waals surface area contributed by atoms with Gasteiger partial charge in [-0.3, -0.25) is 4.90 Å². The van der Waals surface area contributed by atoms with Crippen molar-refractivity contribution in [2.75, 3.05) is 13.2 Å². The number of nitrogens with zero attached hydrogens (tertiary/aromatic N) is 2. The molecule has 1 aliphatic heterocycles. The first-order chi connectivity index (χ1) is 10.1. The highest BCUT2D eigenvalue weighted by atomic mass is 32.1. The summed E-state index contributed by atoms with van der Waals surface area (Å²) in [7, 11) is 0. The lowest BCUT2D eigenvalue weighted by molar-refractivity contribution is 0.0526. The van der Waals surface area contributed by atoms with E-state index in [2.05, 4.69) is 9.88 Å². The van der Waals surface area contributed by atoms with Crippen molar-refractivity contribution >= 4 is 17.3 Å². The van der Waals surface area contributed by atoms with Crippen LogP contribution in [0, 0.1) is 0 Å². The Bertz CT molecular complexity index is 462. The fraction of sp³-hybridized carbons (Fsp3) is 0.733. The summed E-state index contributed by atoms with van der Waals surface area (Å²) < 4.78 is 4.97. The molecule has 0 radical (unpaired) electrons. The SMILES string of the molecule is CCOC(=O)c1ncc(CN2CCCCC2CC(C)O)s1. The van der Waals surface area contributed by atoms with Crippen LogP contribution in [0.1, 0.15) is 54.2 Å². The van der Waals surface area contributed by atoms with E-state index in [9.17, 15) is 9.90 Å². The molecule has 2 heterocycles. The maximum atomic E-state index is 11.6. The second-order valence-corrected chi connectivity index (χ2v) is 6.67. The number of aliphatic hydroxyl groups is 1. The third kappa shape index (κ3) is 4.76. The van der Waals surface area contributed by atoms with E-state index in [0.717, 1.165) is 30.8 Å². The van der Waals surface area contributed by atoms with Crippen molar-refractivity contribution < 1.29 is 14.6 Å². The number of hydrogen-bond acceptors (Lipinski definition) is 6. The molecule has 2 atom stereocenters. The summed E-state index contributed by atoms with van der Waals surface area (Å²) in [4.78, 5) is 19.3. The van der Waals surface area contributed by atoms with Gasteiger partial charge in [-0.25, -0.2) is 9.78 Å². The summed E-state index contributed by atoms with van der Waals surface area (Å²) in [6.07, 6.45) is 5.86. The van der Waals surface area contributed by atoms with Crippen LogP contribution in [0.25, 0.3) is 0 Å². The maximum absolute atomic E-state index is 11.6. The van der Waals surface area contributed by atoms with Crippen LogP contribution in [0.15, 0.2) is 6.20 Å². The van der Waals surface area contributed by atoms with Gasteiger partial charge in [0.25, 0.3) is 0 Å². The predicted octanol–water partition coefficient (Wildman–Crippen LogP) is 2.45. The molecule has 0 amide bonds. The minimum atomic E-state index is -0.340. The molecule has 0 spiro atoms. The van der Waals surface area contributed by atoms with Crippen LogP contribution in [0.3, 0.4) is 0 Å². The average molecular weight is 312 g/mol. The molecular weight excluding hydrogens is 288 g/mol. The quantitative estimate of drug-likeness (QED) is 0.818. The molecule has 118 valence electrons. The number of esters is 1. The van der Waals surface area contributed by atoms with Crippen LogP contribution in [-0.2, 0) is 11.3 Å². The molecule has 1 aromatic heterocycles. The van der Waals surface area contributed by atoms with Crippen molar-refractivity contribution in [1.29, 1.82) is 0 Å². The molecule has 2 unspecified atom stereocenters. The van der Waals surface area contributed by atoms with Crippen molar-refractivity contribution in [3.8, 4) is 0 Å². The highest BCUT2D eigenvalue weighted by Crippen LogP contribution is 2.25. The number of carbonyl (C=O) groups is 1. The Balaban J connectivity index is 1.97. The number of rotatable bonds is 6. The van der Waals surface area contributed by atoms with Crippen molar-refractivity contribution in [3.63, 3.8) is 0 Å². The minimum absolute atomic E-state index is 0.271. The molecule has 0 aliphatic carbocycles. The number of likely N-dealkylation sites (tertiary alicyclic amines) is 1. The zero-order valence-corrected chi connectivity index (χ0v) is 13.6. The van der Waals surface area contributed by atoms with Gasteiger partial charge in [-0.1, -0.05) is 6.42 Å². The topological polar surface area (TPSA) is 62.7 Å². The van der Waals surface area contributed by atoms with Gasteiger partial charge in [0.15, 0.2) is 0 Å². The first-order valence-corrected chi connectivity index (χ1v) is 8.45. The van der Waals surface area contributed by atoms with Crippen LogP contribution in [0.5, 0.6) is 0 Å². The average Bonchev–Trinajstić information content (AvgIpc) is 2.89. The fourth-order valence-corrected chi connectivity index (χ4v) is 3.63. The van der Waals surface area contributed by atoms with Crippen molar-refractivity contribution in [1.82, 2.24) is 9.88 Å². The Morgan fingerprint density at radius 1 is 1.62 bits per heavy atom. The molecule has 21 heavy (non-hydrogen) atoms. The molecule has 2 rings (SSSR count). The van der Waals surface area contributed by atoms with Crippen molar-refractivity contribution in [3.05, 3.63) is 16.1 Å². The third-order valence-electron chi connectivity index (χ3n) is 3.72. The van der Waals surface area contributed by atoms with Crippen molar-refractivity contribution in [2.45, 2.75) is 58.2 Å². The molecule has 0 aromatic carbocycles. The van der Waals surface area contributed by atoms with Gasteiger partial charge in [-0.2, -0.15) is 0 Å². The number of aliphatic hydroxyl groups excluding tert-OH is 1. The molecule has 1 saturated heterocycles. The van der Waals surface area contributed by atoms with E-state index < -0.39 is 0 Å². The molecule has 1 fully saturated rings. The second-order valence-electron chi connectivity index (χ2n) is 5.56. The number of piperidine rings is 1. The lowest BCUT2D eigenvalue weighted by Crippen LogP contribution is -2.40. The third-order valence-corrected chi connectivity index (χ3v) is 4.69. The normalized spacial score (nSPS) is 21.2.